The molecule has 2 aromatic rings. The van der Waals surface area contributed by atoms with Gasteiger partial charge in [-0.1, -0.05) is 27.7 Å². The van der Waals surface area contributed by atoms with E-state index in [0.717, 1.165) is 51.1 Å². The second kappa shape index (κ2) is 12.3. The number of ether oxygens (including phenoxy) is 1. The molecule has 2 aromatic heterocycles. The largest absolute Gasteiger partial charge is 0.457 e. The second-order valence-electron chi connectivity index (χ2n) is 10.9. The van der Waals surface area contributed by atoms with Crippen LogP contribution in [-0.2, 0) is 27.2 Å². The van der Waals surface area contributed by atoms with Crippen molar-refractivity contribution >= 4 is 40.5 Å². The maximum atomic E-state index is 13.3. The van der Waals surface area contributed by atoms with E-state index in [4.69, 9.17) is 9.72 Å². The van der Waals surface area contributed by atoms with Gasteiger partial charge in [0.1, 0.15) is 11.9 Å². The number of aromatic nitrogens is 2. The number of rotatable bonds is 2. The van der Waals surface area contributed by atoms with Crippen molar-refractivity contribution in [1.82, 2.24) is 9.97 Å². The van der Waals surface area contributed by atoms with Crippen LogP contribution < -0.4 is 0 Å². The van der Waals surface area contributed by atoms with Crippen LogP contribution in [0.25, 0.3) is 6.08 Å². The zero-order chi connectivity index (χ0) is 27.5. The Hall–Kier alpha value is -1.94. The first kappa shape index (κ1) is 29.6. The van der Waals surface area contributed by atoms with E-state index in [2.05, 4.69) is 4.98 Å². The summed E-state index contributed by atoms with van der Waals surface area (Å²) in [7, 11) is 0. The van der Waals surface area contributed by atoms with Gasteiger partial charge < -0.3 is 14.9 Å². The van der Waals surface area contributed by atoms with E-state index in [1.165, 1.54) is 0 Å². The molecule has 3 rings (SSSR count). The van der Waals surface area contributed by atoms with E-state index >= 15 is 0 Å². The van der Waals surface area contributed by atoms with Crippen molar-refractivity contribution in [3.63, 3.8) is 0 Å². The average Bonchev–Trinajstić information content (AvgIpc) is 3.40. The summed E-state index contributed by atoms with van der Waals surface area (Å²) in [5, 5.41) is 25.7. The van der Waals surface area contributed by atoms with Crippen LogP contribution in [0.1, 0.15) is 80.2 Å². The minimum Gasteiger partial charge on any atom is -0.457 e. The molecule has 1 aliphatic heterocycles. The van der Waals surface area contributed by atoms with Gasteiger partial charge in [0.15, 0.2) is 0 Å². The van der Waals surface area contributed by atoms with Crippen molar-refractivity contribution in [2.24, 2.45) is 17.3 Å². The highest BCUT2D eigenvalue weighted by atomic mass is 32.1. The maximum Gasteiger partial charge on any atom is 0.309 e. The highest BCUT2D eigenvalue weighted by Gasteiger charge is 2.42. The number of esters is 1. The summed E-state index contributed by atoms with van der Waals surface area (Å²) in [6.07, 6.45) is 1.79. The van der Waals surface area contributed by atoms with Crippen LogP contribution >= 0.6 is 22.7 Å². The fourth-order valence-electron chi connectivity index (χ4n) is 4.89. The van der Waals surface area contributed by atoms with Gasteiger partial charge in [-0.15, -0.1) is 22.7 Å². The molecular formula is C28H40N2O5S2. The Morgan fingerprint density at radius 3 is 2.49 bits per heavy atom. The predicted octanol–water partition coefficient (Wildman–Crippen LogP) is 5.09. The normalized spacial score (nSPS) is 28.6. The van der Waals surface area contributed by atoms with Crippen molar-refractivity contribution < 1.29 is 24.5 Å². The number of fused-ring (bicyclic) bond motifs is 1. The number of carbonyl (C=O) groups excluding carboxylic acids is 2. The maximum absolute atomic E-state index is 13.3. The summed E-state index contributed by atoms with van der Waals surface area (Å²) >= 11 is 3.20. The van der Waals surface area contributed by atoms with Crippen molar-refractivity contribution in [3.8, 4) is 0 Å². The minimum absolute atomic E-state index is 0.0817. The van der Waals surface area contributed by atoms with Crippen LogP contribution in [0.4, 0.5) is 0 Å². The number of hydrogen-bond donors (Lipinski definition) is 2. The molecule has 2 N–H and O–H groups in total. The first-order valence-corrected chi connectivity index (χ1v) is 14.6. The molecule has 204 valence electrons. The second-order valence-corrected chi connectivity index (χ2v) is 13.3. The average molecular weight is 549 g/mol. The van der Waals surface area contributed by atoms with Crippen LogP contribution in [0, 0.1) is 31.1 Å². The molecule has 0 bridgehead atoms. The lowest BCUT2D eigenvalue weighted by molar-refractivity contribution is -0.154. The van der Waals surface area contributed by atoms with Gasteiger partial charge >= 0.3 is 5.97 Å². The number of Topliss-reactive ketones (excluding diaryl/α,β-unsaturated/α-hetero) is 1. The lowest BCUT2D eigenvalue weighted by Crippen LogP contribution is -2.45. The van der Waals surface area contributed by atoms with Crippen LogP contribution in [0.15, 0.2) is 11.0 Å². The number of cyclic esters (lactones) is 1. The number of aliphatic hydroxyl groups excluding tert-OH is 2. The Balaban J connectivity index is 1.97. The van der Waals surface area contributed by atoms with Gasteiger partial charge in [0.05, 0.1) is 45.4 Å². The Kier molecular flexibility index (Phi) is 9.83. The summed E-state index contributed by atoms with van der Waals surface area (Å²) in [4.78, 5) is 36.8. The summed E-state index contributed by atoms with van der Waals surface area (Å²) in [6, 6.07) is 0. The monoisotopic (exact) mass is 548 g/mol. The molecule has 0 saturated heterocycles. The predicted molar refractivity (Wildman–Crippen MR) is 148 cm³/mol. The fraction of sp³-hybridized carbons (Fsp3) is 0.643. The third-order valence-corrected chi connectivity index (χ3v) is 9.32. The van der Waals surface area contributed by atoms with Crippen LogP contribution in [0.2, 0.25) is 0 Å². The Labute approximate surface area is 228 Å². The highest BCUT2D eigenvalue weighted by Crippen LogP contribution is 2.33. The lowest BCUT2D eigenvalue weighted by Gasteiger charge is -2.34. The number of thiazole rings is 2. The van der Waals surface area contributed by atoms with E-state index in [9.17, 15) is 19.8 Å². The summed E-state index contributed by atoms with van der Waals surface area (Å²) in [6.45, 7) is 12.7. The van der Waals surface area contributed by atoms with E-state index in [0.29, 0.717) is 6.42 Å². The quantitative estimate of drug-likeness (QED) is 0.503. The zero-order valence-electron chi connectivity index (χ0n) is 22.9. The molecule has 9 heteroatoms. The standard InChI is InChI=1S/C28H40N2O5S2/c1-15-9-8-10-23-21(30-19(5)37-23)12-22(16(2)11-20-14-36-18(4)29-20)35-25(32)13-24(31)28(6,7)27(34)17(3)26(15)33/h11,14-15,17,22,24,26,31,33H,8-10,12-13H2,1-7H3/b16-11+. The van der Waals surface area contributed by atoms with E-state index in [-0.39, 0.29) is 18.1 Å². The first-order valence-electron chi connectivity index (χ1n) is 12.9. The molecule has 37 heavy (non-hydrogen) atoms. The molecule has 5 atom stereocenters. The summed E-state index contributed by atoms with van der Waals surface area (Å²) in [5.74, 6) is -1.58. The van der Waals surface area contributed by atoms with E-state index in [1.807, 2.05) is 39.2 Å². The number of carbonyl (C=O) groups is 2. The highest BCUT2D eigenvalue weighted by molar-refractivity contribution is 7.11. The molecule has 0 saturated carbocycles. The van der Waals surface area contributed by atoms with Gasteiger partial charge in [0.25, 0.3) is 0 Å². The van der Waals surface area contributed by atoms with Gasteiger partial charge in [-0.2, -0.15) is 0 Å². The molecule has 0 aromatic carbocycles. The van der Waals surface area contributed by atoms with E-state index < -0.39 is 35.6 Å². The van der Waals surface area contributed by atoms with E-state index in [1.54, 1.807) is 43.4 Å². The number of aryl methyl sites for hydroxylation is 3. The van der Waals surface area contributed by atoms with Crippen molar-refractivity contribution in [3.05, 3.63) is 37.2 Å². The molecule has 1 aliphatic rings. The smallest absolute Gasteiger partial charge is 0.309 e. The SMILES string of the molecule is C/C(=C\c1csc(C)n1)C1Cc2nc(C)sc2CCCC(C)C(O)C(C)C(=O)C(C)(C)C(O)CC(=O)O1. The van der Waals surface area contributed by atoms with Gasteiger partial charge in [0, 0.05) is 22.6 Å². The number of aliphatic hydroxyl groups is 2. The number of ketones is 1. The lowest BCUT2D eigenvalue weighted by atomic mass is 9.73. The third-order valence-electron chi connectivity index (χ3n) is 7.46. The Bertz CT molecular complexity index is 1140. The fourth-order valence-corrected chi connectivity index (χ4v) is 6.46. The van der Waals surface area contributed by atoms with Gasteiger partial charge in [0.2, 0.25) is 0 Å². The Morgan fingerprint density at radius 1 is 1.14 bits per heavy atom. The molecule has 0 amide bonds. The molecular weight excluding hydrogens is 508 g/mol. The summed E-state index contributed by atoms with van der Waals surface area (Å²) < 4.78 is 5.93. The van der Waals surface area contributed by atoms with Gasteiger partial charge in [-0.05, 0) is 57.6 Å². The molecule has 0 radical (unpaired) electrons. The van der Waals surface area contributed by atoms with Crippen LogP contribution in [0.3, 0.4) is 0 Å². The minimum atomic E-state index is -1.24. The third kappa shape index (κ3) is 7.34. The van der Waals surface area contributed by atoms with Crippen molar-refractivity contribution in [1.29, 1.82) is 0 Å². The number of hydrogen-bond acceptors (Lipinski definition) is 9. The molecule has 0 spiro atoms. The van der Waals surface area contributed by atoms with Gasteiger partial charge in [-0.25, -0.2) is 9.97 Å². The molecule has 7 nitrogen and oxygen atoms in total. The summed E-state index contributed by atoms with van der Waals surface area (Å²) in [5.41, 5.74) is 1.35. The zero-order valence-corrected chi connectivity index (χ0v) is 24.5. The number of nitrogens with zero attached hydrogens (tertiary/aromatic N) is 2. The van der Waals surface area contributed by atoms with Crippen molar-refractivity contribution in [2.45, 2.75) is 98.9 Å². The van der Waals surface area contributed by atoms with Crippen LogP contribution in [-0.4, -0.2) is 50.2 Å². The van der Waals surface area contributed by atoms with Crippen molar-refractivity contribution in [2.75, 3.05) is 0 Å². The molecule has 3 heterocycles. The topological polar surface area (TPSA) is 110 Å². The molecule has 0 fully saturated rings. The Morgan fingerprint density at radius 2 is 1.84 bits per heavy atom. The van der Waals surface area contributed by atoms with Gasteiger partial charge in [-0.3, -0.25) is 9.59 Å². The van der Waals surface area contributed by atoms with Crippen LogP contribution in [0.5, 0.6) is 0 Å². The molecule has 0 aliphatic carbocycles. The first-order chi connectivity index (χ1) is 17.3. The molecule has 5 unspecified atom stereocenters.